The molecule has 0 atom stereocenters. The highest BCUT2D eigenvalue weighted by Gasteiger charge is 2.09. The molecule has 0 unspecified atom stereocenters. The Morgan fingerprint density at radius 2 is 1.89 bits per heavy atom. The molecular formula is C15H11NO2. The Balaban J connectivity index is 2.07. The van der Waals surface area contributed by atoms with Crippen molar-refractivity contribution in [2.75, 3.05) is 0 Å². The lowest BCUT2D eigenvalue weighted by Gasteiger charge is -2.05. The van der Waals surface area contributed by atoms with Crippen molar-refractivity contribution < 1.29 is 4.92 Å². The van der Waals surface area contributed by atoms with E-state index in [1.807, 2.05) is 12.1 Å². The Kier molecular flexibility index (Phi) is 2.45. The second-order valence-corrected chi connectivity index (χ2v) is 4.33. The number of allylic oxidation sites excluding steroid dienone is 1. The molecule has 0 heterocycles. The van der Waals surface area contributed by atoms with Gasteiger partial charge in [0.2, 0.25) is 0 Å². The van der Waals surface area contributed by atoms with Gasteiger partial charge in [-0.25, -0.2) is 0 Å². The summed E-state index contributed by atoms with van der Waals surface area (Å²) >= 11 is 0. The van der Waals surface area contributed by atoms with Gasteiger partial charge in [0.25, 0.3) is 5.69 Å². The molecule has 0 N–H and O–H groups in total. The van der Waals surface area contributed by atoms with Crippen LogP contribution < -0.4 is 0 Å². The van der Waals surface area contributed by atoms with Gasteiger partial charge in [0.15, 0.2) is 0 Å². The van der Waals surface area contributed by atoms with Gasteiger partial charge in [0.1, 0.15) is 0 Å². The van der Waals surface area contributed by atoms with E-state index in [1.54, 1.807) is 12.1 Å². The average molecular weight is 237 g/mol. The fourth-order valence-electron chi connectivity index (χ4n) is 2.23. The highest BCUT2D eigenvalue weighted by Crippen LogP contribution is 2.28. The van der Waals surface area contributed by atoms with Gasteiger partial charge >= 0.3 is 0 Å². The highest BCUT2D eigenvalue weighted by atomic mass is 16.6. The van der Waals surface area contributed by atoms with Gasteiger partial charge in [-0.1, -0.05) is 36.4 Å². The van der Waals surface area contributed by atoms with Gasteiger partial charge in [-0.05, 0) is 34.7 Å². The van der Waals surface area contributed by atoms with Gasteiger partial charge in [0.05, 0.1) is 4.92 Å². The van der Waals surface area contributed by atoms with Crippen molar-refractivity contribution in [1.29, 1.82) is 0 Å². The smallest absolute Gasteiger partial charge is 0.258 e. The van der Waals surface area contributed by atoms with Gasteiger partial charge in [-0.3, -0.25) is 10.1 Å². The summed E-state index contributed by atoms with van der Waals surface area (Å²) in [6, 6.07) is 12.9. The van der Waals surface area contributed by atoms with Crippen molar-refractivity contribution in [3.8, 4) is 11.1 Å². The van der Waals surface area contributed by atoms with Crippen LogP contribution in [-0.2, 0) is 6.42 Å². The summed E-state index contributed by atoms with van der Waals surface area (Å²) in [5.74, 6) is 0. The molecule has 0 saturated heterocycles. The van der Waals surface area contributed by atoms with Crippen molar-refractivity contribution in [2.45, 2.75) is 6.42 Å². The van der Waals surface area contributed by atoms with E-state index >= 15 is 0 Å². The first-order chi connectivity index (χ1) is 8.74. The zero-order valence-corrected chi connectivity index (χ0v) is 9.67. The fourth-order valence-corrected chi connectivity index (χ4v) is 2.23. The maximum absolute atomic E-state index is 10.8. The van der Waals surface area contributed by atoms with Crippen LogP contribution in [0.3, 0.4) is 0 Å². The molecule has 0 aliphatic heterocycles. The van der Waals surface area contributed by atoms with E-state index in [0.717, 1.165) is 17.5 Å². The van der Waals surface area contributed by atoms with E-state index in [0.29, 0.717) is 0 Å². The zero-order valence-electron chi connectivity index (χ0n) is 9.67. The molecule has 0 amide bonds. The molecule has 3 rings (SSSR count). The Morgan fingerprint density at radius 3 is 2.72 bits per heavy atom. The summed E-state index contributed by atoms with van der Waals surface area (Å²) in [6.45, 7) is 0. The van der Waals surface area contributed by atoms with Gasteiger partial charge in [-0.15, -0.1) is 0 Å². The van der Waals surface area contributed by atoms with Crippen LogP contribution in [0.25, 0.3) is 17.2 Å². The number of benzene rings is 2. The summed E-state index contributed by atoms with van der Waals surface area (Å²) in [7, 11) is 0. The fraction of sp³-hybridized carbons (Fsp3) is 0.0667. The van der Waals surface area contributed by atoms with Crippen molar-refractivity contribution in [3.05, 3.63) is 69.8 Å². The maximum atomic E-state index is 10.8. The molecule has 2 aromatic carbocycles. The standard InChI is InChI=1S/C15H11NO2/c17-16(18)15-6-2-5-13(10-15)14-8-7-11-3-1-4-12(11)9-14/h1-2,4-10H,3H2. The van der Waals surface area contributed by atoms with Crippen molar-refractivity contribution >= 4 is 11.8 Å². The van der Waals surface area contributed by atoms with E-state index in [2.05, 4.69) is 24.3 Å². The van der Waals surface area contributed by atoms with Gasteiger partial charge in [-0.2, -0.15) is 0 Å². The van der Waals surface area contributed by atoms with Crippen LogP contribution in [0.1, 0.15) is 11.1 Å². The molecule has 0 radical (unpaired) electrons. The third kappa shape index (κ3) is 1.80. The number of hydrogen-bond donors (Lipinski definition) is 0. The van der Waals surface area contributed by atoms with E-state index in [9.17, 15) is 10.1 Å². The molecular weight excluding hydrogens is 226 g/mol. The SMILES string of the molecule is O=[N+]([O-])c1cccc(-c2ccc3c(c2)C=CC3)c1. The van der Waals surface area contributed by atoms with E-state index in [1.165, 1.54) is 17.2 Å². The predicted octanol–water partition coefficient (Wildman–Crippen LogP) is 3.83. The molecule has 3 heteroatoms. The Hall–Kier alpha value is -2.42. The molecule has 0 saturated carbocycles. The lowest BCUT2D eigenvalue weighted by molar-refractivity contribution is -0.384. The van der Waals surface area contributed by atoms with Crippen molar-refractivity contribution in [3.63, 3.8) is 0 Å². The van der Waals surface area contributed by atoms with Gasteiger partial charge < -0.3 is 0 Å². The normalized spacial score (nSPS) is 12.4. The predicted molar refractivity (Wildman–Crippen MR) is 71.3 cm³/mol. The molecule has 1 aliphatic rings. The van der Waals surface area contributed by atoms with Crippen LogP contribution in [0.15, 0.2) is 48.5 Å². The number of nitrogens with zero attached hydrogens (tertiary/aromatic N) is 1. The number of non-ortho nitro benzene ring substituents is 1. The third-order valence-electron chi connectivity index (χ3n) is 3.17. The first-order valence-electron chi connectivity index (χ1n) is 5.78. The average Bonchev–Trinajstić information content (AvgIpc) is 2.86. The van der Waals surface area contributed by atoms with E-state index in [-0.39, 0.29) is 10.6 Å². The summed E-state index contributed by atoms with van der Waals surface area (Å²) in [4.78, 5) is 10.4. The van der Waals surface area contributed by atoms with Crippen molar-refractivity contribution in [1.82, 2.24) is 0 Å². The summed E-state index contributed by atoms with van der Waals surface area (Å²) in [5, 5.41) is 10.8. The summed E-state index contributed by atoms with van der Waals surface area (Å²) in [5.41, 5.74) is 4.54. The number of nitro benzene ring substituents is 1. The van der Waals surface area contributed by atoms with Gasteiger partial charge in [0, 0.05) is 12.1 Å². The van der Waals surface area contributed by atoms with Crippen LogP contribution in [-0.4, -0.2) is 4.92 Å². The Bertz CT molecular complexity index is 659. The van der Waals surface area contributed by atoms with Crippen molar-refractivity contribution in [2.24, 2.45) is 0 Å². The first-order valence-corrected chi connectivity index (χ1v) is 5.78. The molecule has 3 nitrogen and oxygen atoms in total. The quantitative estimate of drug-likeness (QED) is 0.588. The number of rotatable bonds is 2. The maximum Gasteiger partial charge on any atom is 0.270 e. The van der Waals surface area contributed by atoms with Crippen LogP contribution >= 0.6 is 0 Å². The molecule has 0 spiro atoms. The second-order valence-electron chi connectivity index (χ2n) is 4.33. The van der Waals surface area contributed by atoms with Crippen LogP contribution in [0.5, 0.6) is 0 Å². The molecule has 0 aromatic heterocycles. The van der Waals surface area contributed by atoms with Crippen LogP contribution in [0.2, 0.25) is 0 Å². The minimum atomic E-state index is -0.364. The minimum Gasteiger partial charge on any atom is -0.258 e. The monoisotopic (exact) mass is 237 g/mol. The molecule has 18 heavy (non-hydrogen) atoms. The summed E-state index contributed by atoms with van der Waals surface area (Å²) < 4.78 is 0. The number of nitro groups is 1. The molecule has 0 bridgehead atoms. The van der Waals surface area contributed by atoms with Crippen LogP contribution in [0, 0.1) is 10.1 Å². The summed E-state index contributed by atoms with van der Waals surface area (Å²) in [6.07, 6.45) is 5.20. The Labute approximate surface area is 105 Å². The Morgan fingerprint density at radius 1 is 1.06 bits per heavy atom. The minimum absolute atomic E-state index is 0.128. The largest absolute Gasteiger partial charge is 0.270 e. The molecule has 88 valence electrons. The topological polar surface area (TPSA) is 43.1 Å². The van der Waals surface area contributed by atoms with Crippen LogP contribution in [0.4, 0.5) is 5.69 Å². The first kappa shape index (κ1) is 10.7. The molecule has 1 aliphatic carbocycles. The lowest BCUT2D eigenvalue weighted by Crippen LogP contribution is -1.89. The third-order valence-corrected chi connectivity index (χ3v) is 3.17. The zero-order chi connectivity index (χ0) is 12.5. The van der Waals surface area contributed by atoms with E-state index in [4.69, 9.17) is 0 Å². The number of hydrogen-bond acceptors (Lipinski definition) is 2. The lowest BCUT2D eigenvalue weighted by atomic mass is 10.0. The number of fused-ring (bicyclic) bond motifs is 1. The molecule has 2 aromatic rings. The van der Waals surface area contributed by atoms with E-state index < -0.39 is 0 Å². The highest BCUT2D eigenvalue weighted by molar-refractivity contribution is 5.72. The molecule has 0 fully saturated rings. The second kappa shape index (κ2) is 4.11.